The van der Waals surface area contributed by atoms with Gasteiger partial charge in [-0.3, -0.25) is 15.1 Å². The van der Waals surface area contributed by atoms with E-state index >= 15 is 0 Å². The van der Waals surface area contributed by atoms with Crippen molar-refractivity contribution in [2.45, 2.75) is 32.2 Å². The second-order valence-corrected chi connectivity index (χ2v) is 4.60. The van der Waals surface area contributed by atoms with Gasteiger partial charge in [-0.15, -0.1) is 0 Å². The summed E-state index contributed by atoms with van der Waals surface area (Å²) in [6.45, 7) is 1.69. The van der Waals surface area contributed by atoms with E-state index in [0.717, 1.165) is 18.0 Å². The molecule has 0 saturated heterocycles. The molecular weight excluding hydrogens is 218 g/mol. The average molecular weight is 235 g/mol. The largest absolute Gasteiger partial charge is 0.316 e. The zero-order valence-corrected chi connectivity index (χ0v) is 10.1. The predicted octanol–water partition coefficient (Wildman–Crippen LogP) is 1.84. The van der Waals surface area contributed by atoms with E-state index in [1.807, 2.05) is 7.05 Å². The number of rotatable bonds is 5. The lowest BCUT2D eigenvalue weighted by Crippen LogP contribution is -2.30. The van der Waals surface area contributed by atoms with Gasteiger partial charge < -0.3 is 5.32 Å². The normalized spacial score (nSPS) is 16.8. The van der Waals surface area contributed by atoms with Gasteiger partial charge in [0.1, 0.15) is 5.69 Å². The fourth-order valence-corrected chi connectivity index (χ4v) is 2.14. The zero-order valence-electron chi connectivity index (χ0n) is 10.1. The molecule has 1 fully saturated rings. The molecule has 0 aliphatic heterocycles. The van der Waals surface area contributed by atoms with Crippen molar-refractivity contribution in [2.75, 3.05) is 7.05 Å². The quantitative estimate of drug-likeness (QED) is 0.624. The lowest BCUT2D eigenvalue weighted by atomic mass is 10.1. The number of hydrogen-bond donors (Lipinski definition) is 1. The van der Waals surface area contributed by atoms with E-state index in [2.05, 4.69) is 10.3 Å². The van der Waals surface area contributed by atoms with Gasteiger partial charge in [0, 0.05) is 24.2 Å². The second-order valence-electron chi connectivity index (χ2n) is 4.60. The van der Waals surface area contributed by atoms with Crippen LogP contribution in [-0.2, 0) is 6.42 Å². The van der Waals surface area contributed by atoms with E-state index in [4.69, 9.17) is 0 Å². The molecule has 1 N–H and O–H groups in total. The van der Waals surface area contributed by atoms with Gasteiger partial charge in [0.25, 0.3) is 5.69 Å². The molecule has 1 aliphatic rings. The molecule has 1 aliphatic carbocycles. The molecule has 0 amide bonds. The lowest BCUT2D eigenvalue weighted by Gasteiger charge is -2.14. The smallest absolute Gasteiger partial charge is 0.290 e. The Morgan fingerprint density at radius 2 is 2.29 bits per heavy atom. The van der Waals surface area contributed by atoms with Gasteiger partial charge in [0.05, 0.1) is 4.92 Å². The maximum atomic E-state index is 10.7. The molecule has 5 nitrogen and oxygen atoms in total. The van der Waals surface area contributed by atoms with Gasteiger partial charge in [-0.25, -0.2) is 0 Å². The molecule has 0 radical (unpaired) electrons. The van der Waals surface area contributed by atoms with Crippen LogP contribution >= 0.6 is 0 Å². The predicted molar refractivity (Wildman–Crippen MR) is 64.9 cm³/mol. The number of nitrogens with zero attached hydrogens (tertiary/aromatic N) is 2. The van der Waals surface area contributed by atoms with Crippen molar-refractivity contribution in [1.82, 2.24) is 10.3 Å². The fraction of sp³-hybridized carbons (Fsp3) is 0.583. The first kappa shape index (κ1) is 12.0. The first-order valence-corrected chi connectivity index (χ1v) is 5.90. The highest BCUT2D eigenvalue weighted by atomic mass is 16.6. The number of hydrogen-bond acceptors (Lipinski definition) is 4. The average Bonchev–Trinajstić information content (AvgIpc) is 3.09. The van der Waals surface area contributed by atoms with Crippen LogP contribution in [0.25, 0.3) is 0 Å². The maximum Gasteiger partial charge on any atom is 0.290 e. The minimum Gasteiger partial charge on any atom is -0.316 e. The van der Waals surface area contributed by atoms with Crippen molar-refractivity contribution in [3.8, 4) is 0 Å². The first-order chi connectivity index (χ1) is 8.11. The molecule has 1 unspecified atom stereocenters. The molecule has 1 atom stereocenters. The third kappa shape index (κ3) is 2.79. The van der Waals surface area contributed by atoms with E-state index in [-0.39, 0.29) is 10.6 Å². The summed E-state index contributed by atoms with van der Waals surface area (Å²) in [6, 6.07) is 3.76. The lowest BCUT2D eigenvalue weighted by molar-refractivity contribution is -0.385. The van der Waals surface area contributed by atoms with Gasteiger partial charge in [-0.05, 0) is 38.8 Å². The summed E-state index contributed by atoms with van der Waals surface area (Å²) in [5.74, 6) is 0.747. The van der Waals surface area contributed by atoms with Crippen molar-refractivity contribution in [3.63, 3.8) is 0 Å². The van der Waals surface area contributed by atoms with E-state index in [1.165, 1.54) is 12.8 Å². The number of nitro groups is 1. The molecule has 1 saturated carbocycles. The third-order valence-electron chi connectivity index (χ3n) is 3.30. The number of pyridine rings is 1. The molecule has 1 heterocycles. The molecule has 2 rings (SSSR count). The molecular formula is C12H17N3O2. The minimum absolute atomic E-state index is 0.0983. The molecule has 17 heavy (non-hydrogen) atoms. The number of likely N-dealkylation sites (N-methyl/N-ethyl adjacent to an activating group) is 1. The van der Waals surface area contributed by atoms with E-state index in [0.29, 0.717) is 11.7 Å². The van der Waals surface area contributed by atoms with Crippen LogP contribution in [0.15, 0.2) is 12.1 Å². The highest BCUT2D eigenvalue weighted by Crippen LogP contribution is 2.33. The Morgan fingerprint density at radius 3 is 2.76 bits per heavy atom. The van der Waals surface area contributed by atoms with Crippen LogP contribution in [0.5, 0.6) is 0 Å². The summed E-state index contributed by atoms with van der Waals surface area (Å²) in [4.78, 5) is 14.6. The van der Waals surface area contributed by atoms with Gasteiger partial charge in [0.15, 0.2) is 0 Å². The van der Waals surface area contributed by atoms with Crippen LogP contribution in [0.3, 0.4) is 0 Å². The summed E-state index contributed by atoms with van der Waals surface area (Å²) in [7, 11) is 1.96. The molecule has 0 aromatic carbocycles. The van der Waals surface area contributed by atoms with Crippen LogP contribution in [0.2, 0.25) is 0 Å². The Hall–Kier alpha value is -1.49. The van der Waals surface area contributed by atoms with E-state index < -0.39 is 0 Å². The van der Waals surface area contributed by atoms with Crippen molar-refractivity contribution >= 4 is 5.69 Å². The Balaban J connectivity index is 2.11. The number of nitrogens with one attached hydrogen (secondary N) is 1. The number of aromatic nitrogens is 1. The summed E-state index contributed by atoms with van der Waals surface area (Å²) < 4.78 is 0. The summed E-state index contributed by atoms with van der Waals surface area (Å²) in [5, 5.41) is 14.0. The standard InChI is InChI=1S/C12H17N3O2/c1-8-12(15(16)17)6-5-10(14-8)7-11(13-2)9-3-4-9/h5-6,9,11,13H,3-4,7H2,1-2H3. The van der Waals surface area contributed by atoms with Crippen LogP contribution in [0.4, 0.5) is 5.69 Å². The van der Waals surface area contributed by atoms with Gasteiger partial charge in [-0.1, -0.05) is 0 Å². The SMILES string of the molecule is CNC(Cc1ccc([N+](=O)[O-])c(C)n1)C1CC1. The van der Waals surface area contributed by atoms with Gasteiger partial charge in [0.2, 0.25) is 0 Å². The zero-order chi connectivity index (χ0) is 12.4. The molecule has 1 aromatic heterocycles. The van der Waals surface area contributed by atoms with Crippen molar-refractivity contribution in [3.05, 3.63) is 33.6 Å². The van der Waals surface area contributed by atoms with E-state index in [1.54, 1.807) is 19.1 Å². The summed E-state index contributed by atoms with van der Waals surface area (Å²) in [5.41, 5.74) is 1.53. The van der Waals surface area contributed by atoms with Gasteiger partial charge >= 0.3 is 0 Å². The van der Waals surface area contributed by atoms with Crippen molar-refractivity contribution in [1.29, 1.82) is 0 Å². The molecule has 0 spiro atoms. The Morgan fingerprint density at radius 1 is 1.59 bits per heavy atom. The van der Waals surface area contributed by atoms with E-state index in [9.17, 15) is 10.1 Å². The Bertz CT molecular complexity index is 430. The second kappa shape index (κ2) is 4.79. The summed E-state index contributed by atoms with van der Waals surface area (Å²) >= 11 is 0. The van der Waals surface area contributed by atoms with Crippen LogP contribution in [0, 0.1) is 23.0 Å². The molecule has 0 bridgehead atoms. The van der Waals surface area contributed by atoms with Crippen LogP contribution < -0.4 is 5.32 Å². The first-order valence-electron chi connectivity index (χ1n) is 5.90. The highest BCUT2D eigenvalue weighted by Gasteiger charge is 2.30. The van der Waals surface area contributed by atoms with Crippen molar-refractivity contribution < 1.29 is 4.92 Å². The topological polar surface area (TPSA) is 68.1 Å². The monoisotopic (exact) mass is 235 g/mol. The van der Waals surface area contributed by atoms with Crippen LogP contribution in [0.1, 0.15) is 24.2 Å². The highest BCUT2D eigenvalue weighted by molar-refractivity contribution is 5.35. The van der Waals surface area contributed by atoms with Gasteiger partial charge in [-0.2, -0.15) is 0 Å². The maximum absolute atomic E-state index is 10.7. The number of aryl methyl sites for hydroxylation is 1. The Kier molecular flexibility index (Phi) is 3.38. The van der Waals surface area contributed by atoms with Crippen LogP contribution in [-0.4, -0.2) is 23.0 Å². The molecule has 5 heteroatoms. The summed E-state index contributed by atoms with van der Waals surface area (Å²) in [6.07, 6.45) is 3.40. The fourth-order valence-electron chi connectivity index (χ4n) is 2.14. The Labute approximate surface area is 100 Å². The minimum atomic E-state index is -0.386. The third-order valence-corrected chi connectivity index (χ3v) is 3.30. The molecule has 92 valence electrons. The van der Waals surface area contributed by atoms with Crippen molar-refractivity contribution in [2.24, 2.45) is 5.92 Å². The molecule has 1 aromatic rings.